The number of amides is 2. The van der Waals surface area contributed by atoms with E-state index in [2.05, 4.69) is 22.3 Å². The lowest BCUT2D eigenvalue weighted by Gasteiger charge is -2.23. The Morgan fingerprint density at radius 3 is 2.48 bits per heavy atom. The fraction of sp³-hybridized carbons (Fsp3) is 0.500. The lowest BCUT2D eigenvalue weighted by molar-refractivity contribution is -0.123. The molecule has 0 radical (unpaired) electrons. The van der Waals surface area contributed by atoms with Gasteiger partial charge in [0.2, 0.25) is 11.8 Å². The molecule has 2 amide bonds. The number of likely N-dealkylation sites (N-methyl/N-ethyl adjacent to an activating group) is 1. The smallest absolute Gasteiger partial charge is 0.249 e. The first-order valence-corrected chi connectivity index (χ1v) is 7.57. The first-order valence-electron chi connectivity index (χ1n) is 7.57. The summed E-state index contributed by atoms with van der Waals surface area (Å²) in [5.41, 5.74) is 2.08. The number of rotatable bonds is 3. The van der Waals surface area contributed by atoms with Gasteiger partial charge in [0.15, 0.2) is 0 Å². The molecule has 0 saturated carbocycles. The molecular formula is C16H21N3O2. The van der Waals surface area contributed by atoms with E-state index in [0.29, 0.717) is 12.8 Å². The molecule has 2 heterocycles. The summed E-state index contributed by atoms with van der Waals surface area (Å²) in [6.45, 7) is 2.23. The molecule has 1 aromatic carbocycles. The van der Waals surface area contributed by atoms with Crippen LogP contribution < -0.4 is 15.1 Å². The Bertz CT molecular complexity index is 535. The van der Waals surface area contributed by atoms with Gasteiger partial charge in [-0.1, -0.05) is 0 Å². The topological polar surface area (TPSA) is 52.7 Å². The SMILES string of the molecule is CN(C(=O)C1CCC(=O)N1)c1ccc(N2CCCC2)cc1. The van der Waals surface area contributed by atoms with Crippen molar-refractivity contribution in [2.75, 3.05) is 29.9 Å². The van der Waals surface area contributed by atoms with Crippen LogP contribution in [0.3, 0.4) is 0 Å². The van der Waals surface area contributed by atoms with Gasteiger partial charge in [-0.3, -0.25) is 9.59 Å². The van der Waals surface area contributed by atoms with Crippen molar-refractivity contribution >= 4 is 23.2 Å². The van der Waals surface area contributed by atoms with Gasteiger partial charge in [-0.15, -0.1) is 0 Å². The van der Waals surface area contributed by atoms with Crippen LogP contribution in [0.5, 0.6) is 0 Å². The second kappa shape index (κ2) is 5.76. The predicted molar refractivity (Wildman–Crippen MR) is 82.5 cm³/mol. The molecular weight excluding hydrogens is 266 g/mol. The van der Waals surface area contributed by atoms with Crippen molar-refractivity contribution in [2.24, 2.45) is 0 Å². The average molecular weight is 287 g/mol. The van der Waals surface area contributed by atoms with E-state index in [4.69, 9.17) is 0 Å². The molecule has 1 unspecified atom stereocenters. The molecule has 0 aliphatic carbocycles. The second-order valence-corrected chi connectivity index (χ2v) is 5.77. The number of hydrogen-bond acceptors (Lipinski definition) is 3. The fourth-order valence-corrected chi connectivity index (χ4v) is 3.02. The van der Waals surface area contributed by atoms with Gasteiger partial charge in [0, 0.05) is 37.9 Å². The molecule has 21 heavy (non-hydrogen) atoms. The van der Waals surface area contributed by atoms with E-state index in [0.717, 1.165) is 18.8 Å². The minimum atomic E-state index is -0.374. The van der Waals surface area contributed by atoms with Crippen LogP contribution in [0.1, 0.15) is 25.7 Å². The monoisotopic (exact) mass is 287 g/mol. The van der Waals surface area contributed by atoms with Crippen molar-refractivity contribution in [2.45, 2.75) is 31.7 Å². The standard InChI is InChI=1S/C16H21N3O2/c1-18(16(21)14-8-9-15(20)17-14)12-4-6-13(7-5-12)19-10-2-3-11-19/h4-7,14H,2-3,8-11H2,1H3,(H,17,20). The van der Waals surface area contributed by atoms with Crippen molar-refractivity contribution in [1.29, 1.82) is 0 Å². The number of anilines is 2. The van der Waals surface area contributed by atoms with Gasteiger partial charge in [0.05, 0.1) is 0 Å². The molecule has 0 spiro atoms. The highest BCUT2D eigenvalue weighted by Crippen LogP contribution is 2.24. The summed E-state index contributed by atoms with van der Waals surface area (Å²) in [6, 6.07) is 7.71. The molecule has 112 valence electrons. The molecule has 0 aromatic heterocycles. The number of nitrogens with zero attached hydrogens (tertiary/aromatic N) is 2. The number of carbonyl (C=O) groups excluding carboxylic acids is 2. The highest BCUT2D eigenvalue weighted by atomic mass is 16.2. The summed E-state index contributed by atoms with van der Waals surface area (Å²) in [4.78, 5) is 27.5. The predicted octanol–water partition coefficient (Wildman–Crippen LogP) is 1.53. The lowest BCUT2D eigenvalue weighted by atomic mass is 10.2. The van der Waals surface area contributed by atoms with E-state index in [-0.39, 0.29) is 17.9 Å². The van der Waals surface area contributed by atoms with E-state index < -0.39 is 0 Å². The highest BCUT2D eigenvalue weighted by molar-refractivity contribution is 6.00. The van der Waals surface area contributed by atoms with Crippen molar-refractivity contribution in [3.63, 3.8) is 0 Å². The molecule has 3 rings (SSSR count). The highest BCUT2D eigenvalue weighted by Gasteiger charge is 2.29. The van der Waals surface area contributed by atoms with Crippen molar-refractivity contribution in [3.8, 4) is 0 Å². The van der Waals surface area contributed by atoms with E-state index in [1.54, 1.807) is 11.9 Å². The molecule has 2 aliphatic heterocycles. The van der Waals surface area contributed by atoms with E-state index in [1.165, 1.54) is 18.5 Å². The van der Waals surface area contributed by atoms with Crippen molar-refractivity contribution in [3.05, 3.63) is 24.3 Å². The van der Waals surface area contributed by atoms with E-state index in [1.807, 2.05) is 12.1 Å². The molecule has 5 heteroatoms. The normalized spacial score (nSPS) is 21.5. The maximum absolute atomic E-state index is 12.3. The van der Waals surface area contributed by atoms with Crippen LogP contribution in [0.25, 0.3) is 0 Å². The van der Waals surface area contributed by atoms with Gasteiger partial charge in [-0.05, 0) is 43.5 Å². The summed E-state index contributed by atoms with van der Waals surface area (Å²) in [6.07, 6.45) is 3.54. The maximum Gasteiger partial charge on any atom is 0.249 e. The van der Waals surface area contributed by atoms with Gasteiger partial charge in [0.25, 0.3) is 0 Å². The first-order chi connectivity index (χ1) is 10.1. The third-order valence-electron chi connectivity index (χ3n) is 4.33. The summed E-state index contributed by atoms with van der Waals surface area (Å²) >= 11 is 0. The number of carbonyl (C=O) groups is 2. The molecule has 1 atom stereocenters. The van der Waals surface area contributed by atoms with Gasteiger partial charge in [-0.25, -0.2) is 0 Å². The van der Waals surface area contributed by atoms with Crippen molar-refractivity contribution in [1.82, 2.24) is 5.32 Å². The summed E-state index contributed by atoms with van der Waals surface area (Å²) in [5.74, 6) is -0.0825. The van der Waals surface area contributed by atoms with Crippen LogP contribution in [0.15, 0.2) is 24.3 Å². The minimum absolute atomic E-state index is 0.0360. The zero-order valence-electron chi connectivity index (χ0n) is 12.3. The maximum atomic E-state index is 12.3. The zero-order valence-corrected chi connectivity index (χ0v) is 12.3. The number of benzene rings is 1. The largest absolute Gasteiger partial charge is 0.372 e. The van der Waals surface area contributed by atoms with Gasteiger partial charge in [-0.2, -0.15) is 0 Å². The Kier molecular flexibility index (Phi) is 3.82. The molecule has 5 nitrogen and oxygen atoms in total. The minimum Gasteiger partial charge on any atom is -0.372 e. The summed E-state index contributed by atoms with van der Waals surface area (Å²) < 4.78 is 0. The molecule has 2 aliphatic rings. The van der Waals surface area contributed by atoms with Crippen LogP contribution in [-0.4, -0.2) is 38.0 Å². The van der Waals surface area contributed by atoms with Crippen LogP contribution in [-0.2, 0) is 9.59 Å². The third-order valence-corrected chi connectivity index (χ3v) is 4.33. The Morgan fingerprint density at radius 2 is 1.90 bits per heavy atom. The second-order valence-electron chi connectivity index (χ2n) is 5.77. The van der Waals surface area contributed by atoms with Crippen molar-refractivity contribution < 1.29 is 9.59 Å². The van der Waals surface area contributed by atoms with Gasteiger partial charge in [0.1, 0.15) is 6.04 Å². The third kappa shape index (κ3) is 2.86. The Labute approximate surface area is 124 Å². The van der Waals surface area contributed by atoms with E-state index in [9.17, 15) is 9.59 Å². The molecule has 0 bridgehead atoms. The Hall–Kier alpha value is -2.04. The average Bonchev–Trinajstić information content (AvgIpc) is 3.17. The fourth-order valence-electron chi connectivity index (χ4n) is 3.02. The van der Waals surface area contributed by atoms with Gasteiger partial charge < -0.3 is 15.1 Å². The Morgan fingerprint density at radius 1 is 1.24 bits per heavy atom. The van der Waals surface area contributed by atoms with Crippen LogP contribution in [0, 0.1) is 0 Å². The summed E-state index contributed by atoms with van der Waals surface area (Å²) in [7, 11) is 1.76. The first kappa shape index (κ1) is 13.9. The quantitative estimate of drug-likeness (QED) is 0.917. The molecule has 2 fully saturated rings. The number of nitrogens with one attached hydrogen (secondary N) is 1. The van der Waals surface area contributed by atoms with E-state index >= 15 is 0 Å². The zero-order chi connectivity index (χ0) is 14.8. The molecule has 1 aromatic rings. The van der Waals surface area contributed by atoms with Gasteiger partial charge >= 0.3 is 0 Å². The number of hydrogen-bond donors (Lipinski definition) is 1. The van der Waals surface area contributed by atoms with Crippen LogP contribution in [0.2, 0.25) is 0 Å². The molecule has 1 N–H and O–H groups in total. The van der Waals surface area contributed by atoms with Crippen LogP contribution in [0.4, 0.5) is 11.4 Å². The lowest BCUT2D eigenvalue weighted by Crippen LogP contribution is -2.42. The Balaban J connectivity index is 1.68. The van der Waals surface area contributed by atoms with Crippen LogP contribution >= 0.6 is 0 Å². The molecule has 2 saturated heterocycles. The summed E-state index contributed by atoms with van der Waals surface area (Å²) in [5, 5.41) is 2.72.